The van der Waals surface area contributed by atoms with Crippen LogP contribution >= 0.6 is 0 Å². The highest BCUT2D eigenvalue weighted by atomic mass is 16.3. The average molecular weight is 157 g/mol. The third-order valence-corrected chi connectivity index (χ3v) is 2.65. The summed E-state index contributed by atoms with van der Waals surface area (Å²) in [5.41, 5.74) is 0. The van der Waals surface area contributed by atoms with E-state index in [1.54, 1.807) is 0 Å². The van der Waals surface area contributed by atoms with Crippen molar-refractivity contribution in [2.24, 2.45) is 5.92 Å². The topological polar surface area (TPSA) is 32.3 Å². The van der Waals surface area contributed by atoms with E-state index in [1.165, 1.54) is 12.8 Å². The lowest BCUT2D eigenvalue weighted by Gasteiger charge is -2.14. The number of aliphatic hydroxyl groups excluding tert-OH is 1. The van der Waals surface area contributed by atoms with Crippen LogP contribution in [-0.2, 0) is 0 Å². The Balaban J connectivity index is 2.39. The summed E-state index contributed by atoms with van der Waals surface area (Å²) in [4.78, 5) is 0. The van der Waals surface area contributed by atoms with Crippen LogP contribution in [0.5, 0.6) is 0 Å². The minimum atomic E-state index is -0.0788. The fraction of sp³-hybridized carbons (Fsp3) is 1.00. The molecule has 0 aromatic heterocycles. The fourth-order valence-corrected chi connectivity index (χ4v) is 1.87. The molecule has 0 aromatic carbocycles. The van der Waals surface area contributed by atoms with E-state index < -0.39 is 0 Å². The van der Waals surface area contributed by atoms with Gasteiger partial charge < -0.3 is 10.4 Å². The Bertz CT molecular complexity index is 116. The summed E-state index contributed by atoms with van der Waals surface area (Å²) >= 11 is 0. The van der Waals surface area contributed by atoms with Crippen LogP contribution in [-0.4, -0.2) is 24.3 Å². The second kappa shape index (κ2) is 4.07. The van der Waals surface area contributed by atoms with Gasteiger partial charge in [0, 0.05) is 6.04 Å². The van der Waals surface area contributed by atoms with Gasteiger partial charge >= 0.3 is 0 Å². The maximum Gasteiger partial charge on any atom is 0.0557 e. The van der Waals surface area contributed by atoms with E-state index in [2.05, 4.69) is 12.2 Å². The molecular weight excluding hydrogens is 138 g/mol. The molecule has 1 saturated carbocycles. The molecule has 0 saturated heterocycles. The van der Waals surface area contributed by atoms with Crippen LogP contribution in [0.1, 0.15) is 32.6 Å². The molecule has 0 spiro atoms. The lowest BCUT2D eigenvalue weighted by Crippen LogP contribution is -2.27. The van der Waals surface area contributed by atoms with Crippen LogP contribution in [0.3, 0.4) is 0 Å². The van der Waals surface area contributed by atoms with Gasteiger partial charge in [0.05, 0.1) is 6.10 Å². The van der Waals surface area contributed by atoms with Gasteiger partial charge in [0.15, 0.2) is 0 Å². The van der Waals surface area contributed by atoms with E-state index in [0.29, 0.717) is 12.0 Å². The predicted octanol–water partition coefficient (Wildman–Crippen LogP) is 1.15. The van der Waals surface area contributed by atoms with Gasteiger partial charge in [-0.15, -0.1) is 0 Å². The molecule has 0 aromatic rings. The molecule has 0 heterocycles. The maximum absolute atomic E-state index is 9.52. The number of aliphatic hydroxyl groups is 1. The van der Waals surface area contributed by atoms with Crippen molar-refractivity contribution in [3.63, 3.8) is 0 Å². The van der Waals surface area contributed by atoms with E-state index >= 15 is 0 Å². The first-order valence-corrected chi connectivity index (χ1v) is 4.57. The Hall–Kier alpha value is -0.0800. The van der Waals surface area contributed by atoms with E-state index in [1.807, 2.05) is 7.05 Å². The molecule has 2 heteroatoms. The molecule has 1 aliphatic rings. The van der Waals surface area contributed by atoms with Gasteiger partial charge in [-0.05, 0) is 38.6 Å². The van der Waals surface area contributed by atoms with E-state index in [4.69, 9.17) is 0 Å². The van der Waals surface area contributed by atoms with Crippen molar-refractivity contribution in [3.8, 4) is 0 Å². The molecular formula is C9H19NO. The summed E-state index contributed by atoms with van der Waals surface area (Å²) in [5.74, 6) is 0.698. The molecule has 3 atom stereocenters. The van der Waals surface area contributed by atoms with Crippen LogP contribution in [0, 0.1) is 5.92 Å². The molecule has 1 fully saturated rings. The van der Waals surface area contributed by atoms with Crippen molar-refractivity contribution in [1.82, 2.24) is 5.32 Å². The third kappa shape index (κ3) is 2.80. The minimum Gasteiger partial charge on any atom is -0.393 e. The van der Waals surface area contributed by atoms with Gasteiger partial charge in [0.2, 0.25) is 0 Å². The first-order valence-electron chi connectivity index (χ1n) is 4.57. The highest BCUT2D eigenvalue weighted by molar-refractivity contribution is 4.76. The average Bonchev–Trinajstić information content (AvgIpc) is 2.11. The van der Waals surface area contributed by atoms with Crippen molar-refractivity contribution >= 4 is 0 Å². The number of rotatable bonds is 1. The van der Waals surface area contributed by atoms with Crippen molar-refractivity contribution in [1.29, 1.82) is 0 Å². The molecule has 0 bridgehead atoms. The number of hydrogen-bond acceptors (Lipinski definition) is 2. The van der Waals surface area contributed by atoms with Gasteiger partial charge in [-0.3, -0.25) is 0 Å². The van der Waals surface area contributed by atoms with Crippen LogP contribution in [0.2, 0.25) is 0 Å². The van der Waals surface area contributed by atoms with Crippen molar-refractivity contribution in [3.05, 3.63) is 0 Å². The molecule has 0 amide bonds. The Morgan fingerprint density at radius 2 is 2.00 bits per heavy atom. The quantitative estimate of drug-likeness (QED) is 0.560. The molecule has 66 valence electrons. The Morgan fingerprint density at radius 1 is 1.27 bits per heavy atom. The normalized spacial score (nSPS) is 40.1. The van der Waals surface area contributed by atoms with Crippen LogP contribution in [0.4, 0.5) is 0 Å². The van der Waals surface area contributed by atoms with Gasteiger partial charge in [0.1, 0.15) is 0 Å². The summed E-state index contributed by atoms with van der Waals surface area (Å²) in [6, 6.07) is 0.537. The largest absolute Gasteiger partial charge is 0.393 e. The molecule has 0 aliphatic heterocycles. The highest BCUT2D eigenvalue weighted by Crippen LogP contribution is 2.22. The lowest BCUT2D eigenvalue weighted by molar-refractivity contribution is 0.137. The SMILES string of the molecule is CN[C@@H]1CC[C@H](C)C[C@@H](O)C1. The fourth-order valence-electron chi connectivity index (χ4n) is 1.87. The molecule has 0 unspecified atom stereocenters. The summed E-state index contributed by atoms with van der Waals surface area (Å²) < 4.78 is 0. The molecule has 2 nitrogen and oxygen atoms in total. The van der Waals surface area contributed by atoms with Crippen molar-refractivity contribution < 1.29 is 5.11 Å². The van der Waals surface area contributed by atoms with Gasteiger partial charge in [-0.2, -0.15) is 0 Å². The second-order valence-electron chi connectivity index (χ2n) is 3.79. The molecule has 2 N–H and O–H groups in total. The van der Waals surface area contributed by atoms with Crippen LogP contribution < -0.4 is 5.32 Å². The minimum absolute atomic E-state index is 0.0788. The number of hydrogen-bond donors (Lipinski definition) is 2. The zero-order valence-electron chi connectivity index (χ0n) is 7.51. The highest BCUT2D eigenvalue weighted by Gasteiger charge is 2.20. The van der Waals surface area contributed by atoms with Crippen LogP contribution in [0.15, 0.2) is 0 Å². The monoisotopic (exact) mass is 157 g/mol. The van der Waals surface area contributed by atoms with Crippen molar-refractivity contribution in [2.75, 3.05) is 7.05 Å². The Kier molecular flexibility index (Phi) is 3.34. The van der Waals surface area contributed by atoms with E-state index in [-0.39, 0.29) is 6.10 Å². The summed E-state index contributed by atoms with van der Waals surface area (Å²) in [6.07, 6.45) is 4.31. The standard InChI is InChI=1S/C9H19NO/c1-7-3-4-8(10-2)6-9(11)5-7/h7-11H,3-6H2,1-2H3/t7-,8+,9+/m0/s1. The van der Waals surface area contributed by atoms with Crippen molar-refractivity contribution in [2.45, 2.75) is 44.8 Å². The molecule has 1 rings (SSSR count). The zero-order chi connectivity index (χ0) is 8.27. The molecule has 0 radical (unpaired) electrons. The smallest absolute Gasteiger partial charge is 0.0557 e. The van der Waals surface area contributed by atoms with Crippen LogP contribution in [0.25, 0.3) is 0 Å². The summed E-state index contributed by atoms with van der Waals surface area (Å²) in [6.45, 7) is 2.22. The zero-order valence-corrected chi connectivity index (χ0v) is 7.51. The van der Waals surface area contributed by atoms with E-state index in [0.717, 1.165) is 12.8 Å². The second-order valence-corrected chi connectivity index (χ2v) is 3.79. The summed E-state index contributed by atoms with van der Waals surface area (Å²) in [5, 5.41) is 12.8. The maximum atomic E-state index is 9.52. The molecule has 11 heavy (non-hydrogen) atoms. The molecule has 1 aliphatic carbocycles. The lowest BCUT2D eigenvalue weighted by atomic mass is 10.0. The first-order chi connectivity index (χ1) is 5.22. The Labute approximate surface area is 69.0 Å². The third-order valence-electron chi connectivity index (χ3n) is 2.65. The predicted molar refractivity (Wildman–Crippen MR) is 46.5 cm³/mol. The summed E-state index contributed by atoms with van der Waals surface area (Å²) in [7, 11) is 1.98. The Morgan fingerprint density at radius 3 is 2.64 bits per heavy atom. The first kappa shape index (κ1) is 9.01. The van der Waals surface area contributed by atoms with Gasteiger partial charge in [-0.1, -0.05) is 6.92 Å². The van der Waals surface area contributed by atoms with Gasteiger partial charge in [-0.25, -0.2) is 0 Å². The van der Waals surface area contributed by atoms with Gasteiger partial charge in [0.25, 0.3) is 0 Å². The van der Waals surface area contributed by atoms with E-state index in [9.17, 15) is 5.11 Å². The number of nitrogens with one attached hydrogen (secondary N) is 1.